The van der Waals surface area contributed by atoms with E-state index in [2.05, 4.69) is 0 Å². The quantitative estimate of drug-likeness (QED) is 0.0478. The predicted octanol–water partition coefficient (Wildman–Crippen LogP) is -2.05. The first kappa shape index (κ1) is 49.9. The third-order valence-electron chi connectivity index (χ3n) is 11.0. The van der Waals surface area contributed by atoms with Crippen LogP contribution in [0, 0.1) is 0 Å². The largest absolute Gasteiger partial charge is 0.508 e. The molecule has 3 aliphatic rings. The Morgan fingerprint density at radius 1 is 0.609 bits per heavy atom. The summed E-state index contributed by atoms with van der Waals surface area (Å²) in [5.41, 5.74) is -0.565. The summed E-state index contributed by atoms with van der Waals surface area (Å²) in [6.45, 7) is 0. The Bertz CT molecular complexity index is 2650. The summed E-state index contributed by atoms with van der Waals surface area (Å²) < 4.78 is 50.1. The van der Waals surface area contributed by atoms with Gasteiger partial charge in [0.25, 0.3) is 0 Å². The Hall–Kier alpha value is -6.95. The second-order valence-electron chi connectivity index (χ2n) is 15.6. The lowest BCUT2D eigenvalue weighted by Gasteiger charge is -2.47. The van der Waals surface area contributed by atoms with Crippen molar-refractivity contribution in [3.05, 3.63) is 82.5 Å². The summed E-state index contributed by atoms with van der Waals surface area (Å²) in [6.07, 6.45) is -33.5. The van der Waals surface area contributed by atoms with Crippen LogP contribution in [-0.2, 0) is 47.6 Å². The van der Waals surface area contributed by atoms with Crippen molar-refractivity contribution in [3.63, 3.8) is 0 Å². The Balaban J connectivity index is 1.28. The summed E-state index contributed by atoms with van der Waals surface area (Å²) in [7, 11) is 1.24. The minimum absolute atomic E-state index is 0.0198. The van der Waals surface area contributed by atoms with Gasteiger partial charge in [-0.05, 0) is 48.0 Å². The van der Waals surface area contributed by atoms with E-state index in [1.165, 1.54) is 49.6 Å². The van der Waals surface area contributed by atoms with Gasteiger partial charge in [-0.1, -0.05) is 6.07 Å². The molecule has 1 aromatic heterocycles. The molecule has 26 nitrogen and oxygen atoms in total. The zero-order valence-electron chi connectivity index (χ0n) is 35.2. The van der Waals surface area contributed by atoms with E-state index in [1.807, 2.05) is 0 Å². The minimum atomic E-state index is -2.49. The number of fused-ring (bicyclic) bond motifs is 1. The third kappa shape index (κ3) is 10.4. The molecule has 3 fully saturated rings. The van der Waals surface area contributed by atoms with Crippen LogP contribution in [0.25, 0.3) is 28.4 Å². The van der Waals surface area contributed by atoms with E-state index in [0.29, 0.717) is 5.56 Å². The molecule has 3 aliphatic heterocycles. The lowest BCUT2D eigenvalue weighted by molar-refractivity contribution is -0.373. The smallest absolute Gasteiger partial charge is 0.335 e. The van der Waals surface area contributed by atoms with Crippen LogP contribution in [0.4, 0.5) is 0 Å². The number of carboxylic acids is 3. The molecule has 370 valence electrons. The second kappa shape index (κ2) is 20.3. The number of carbonyl (C=O) groups excluding carboxylic acids is 1. The molecule has 69 heavy (non-hydrogen) atoms. The number of benzene rings is 3. The number of hydrogen-bond donors (Lipinski definition) is 12. The highest BCUT2D eigenvalue weighted by molar-refractivity contribution is 5.88. The summed E-state index contributed by atoms with van der Waals surface area (Å²) in [5.74, 6) is -8.79. The van der Waals surface area contributed by atoms with Crippen LogP contribution in [-0.4, -0.2) is 184 Å². The summed E-state index contributed by atoms with van der Waals surface area (Å²) in [4.78, 5) is 63.5. The van der Waals surface area contributed by atoms with Gasteiger partial charge in [0, 0.05) is 29.8 Å². The summed E-state index contributed by atoms with van der Waals surface area (Å²) in [6, 6.07) is 12.2. The van der Waals surface area contributed by atoms with Gasteiger partial charge in [-0.2, -0.15) is 0 Å². The number of aliphatic carboxylic acids is 3. The number of ether oxygens (including phenoxy) is 8. The van der Waals surface area contributed by atoms with Crippen LogP contribution in [0.15, 0.2) is 76.0 Å². The number of carboxylic acid groups (broad SMARTS) is 3. The van der Waals surface area contributed by atoms with Gasteiger partial charge in [0.2, 0.25) is 6.29 Å². The van der Waals surface area contributed by atoms with Crippen LogP contribution in [0.2, 0.25) is 0 Å². The van der Waals surface area contributed by atoms with Crippen molar-refractivity contribution in [3.8, 4) is 40.1 Å². The molecule has 12 N–H and O–H groups in total. The van der Waals surface area contributed by atoms with E-state index in [9.17, 15) is 85.3 Å². The highest BCUT2D eigenvalue weighted by Gasteiger charge is 2.58. The van der Waals surface area contributed by atoms with E-state index in [-0.39, 0.29) is 39.5 Å². The Morgan fingerprint density at radius 3 is 1.84 bits per heavy atom. The number of aliphatic hydroxyl groups excluding tert-OH is 6. The molecule has 26 heteroatoms. The maximum atomic E-state index is 13.6. The lowest BCUT2D eigenvalue weighted by atomic mass is 9.95. The fourth-order valence-electron chi connectivity index (χ4n) is 7.52. The van der Waals surface area contributed by atoms with Gasteiger partial charge in [-0.15, -0.1) is 0 Å². The maximum Gasteiger partial charge on any atom is 0.335 e. The Morgan fingerprint density at radius 2 is 1.20 bits per heavy atom. The molecule has 15 unspecified atom stereocenters. The molecular formula is C43H42O26. The molecule has 3 saturated heterocycles. The molecule has 4 heterocycles. The van der Waals surface area contributed by atoms with Crippen LogP contribution in [0.5, 0.6) is 28.7 Å². The van der Waals surface area contributed by atoms with Crippen LogP contribution < -0.4 is 14.9 Å². The topological polar surface area (TPSA) is 415 Å². The summed E-state index contributed by atoms with van der Waals surface area (Å²) in [5, 5.41) is 125. The number of esters is 1. The average molecular weight is 975 g/mol. The van der Waals surface area contributed by atoms with Crippen molar-refractivity contribution in [2.75, 3.05) is 7.11 Å². The van der Waals surface area contributed by atoms with Crippen LogP contribution >= 0.6 is 0 Å². The molecule has 15 atom stereocenters. The average Bonchev–Trinajstić information content (AvgIpc) is 3.29. The molecular weight excluding hydrogens is 932 g/mol. The number of carbonyl (C=O) groups is 4. The van der Waals surface area contributed by atoms with E-state index in [0.717, 1.165) is 30.4 Å². The van der Waals surface area contributed by atoms with Gasteiger partial charge in [0.1, 0.15) is 76.7 Å². The maximum absolute atomic E-state index is 13.6. The molecule has 0 amide bonds. The first-order valence-electron chi connectivity index (χ1n) is 20.2. The lowest BCUT2D eigenvalue weighted by Crippen LogP contribution is -2.68. The van der Waals surface area contributed by atoms with Gasteiger partial charge in [-0.25, -0.2) is 19.2 Å². The monoisotopic (exact) mass is 974 g/mol. The number of aromatic hydroxyl groups is 3. The first-order valence-corrected chi connectivity index (χ1v) is 20.2. The fourth-order valence-corrected chi connectivity index (χ4v) is 7.52. The minimum Gasteiger partial charge on any atom is -0.508 e. The van der Waals surface area contributed by atoms with Crippen LogP contribution in [0.3, 0.4) is 0 Å². The molecule has 3 aromatic carbocycles. The fraction of sp³-hybridized carbons (Fsp3) is 0.372. The molecule has 0 spiro atoms. The standard InChI is InChI=1S/C43H42O26/c1-61-22-10-14(2-8-18(22)45)3-9-24(48)64-37-32(65-41-30(53)26(49)27(50)33(66-41)38(55)56)31(54)35(40(59)60)68-43(37)69-36-29(52)28(51)34(39(57)58)67-42(36)62-17-11-19(46)25-20(47)13-21(63-23(25)12-17)15-4-6-16(44)7-5-15/h2-13,26-37,41-46,49-54H,1H3,(H,55,56)(H,57,58)(H,59,60). The predicted molar refractivity (Wildman–Crippen MR) is 220 cm³/mol. The van der Waals surface area contributed by atoms with E-state index in [1.54, 1.807) is 0 Å². The number of phenolic OH excluding ortho intramolecular Hbond substituents is 3. The number of hydrogen-bond acceptors (Lipinski definition) is 23. The number of methoxy groups -OCH3 is 1. The summed E-state index contributed by atoms with van der Waals surface area (Å²) >= 11 is 0. The zero-order chi connectivity index (χ0) is 50.2. The van der Waals surface area contributed by atoms with Gasteiger partial charge < -0.3 is 104 Å². The Kier molecular flexibility index (Phi) is 14.7. The number of aliphatic hydroxyl groups is 6. The zero-order valence-corrected chi connectivity index (χ0v) is 35.2. The van der Waals surface area contributed by atoms with Gasteiger partial charge in [-0.3, -0.25) is 4.79 Å². The van der Waals surface area contributed by atoms with Crippen LogP contribution in [0.1, 0.15) is 5.56 Å². The van der Waals surface area contributed by atoms with Gasteiger partial charge in [0.15, 0.2) is 60.0 Å². The third-order valence-corrected chi connectivity index (χ3v) is 11.0. The molecule has 0 aliphatic carbocycles. The molecule has 4 aromatic rings. The van der Waals surface area contributed by atoms with Gasteiger partial charge >= 0.3 is 23.9 Å². The highest BCUT2D eigenvalue weighted by atomic mass is 16.8. The van der Waals surface area contributed by atoms with Crippen molar-refractivity contribution in [1.29, 1.82) is 0 Å². The van der Waals surface area contributed by atoms with Crippen molar-refractivity contribution in [2.24, 2.45) is 0 Å². The Labute approximate surface area is 385 Å². The SMILES string of the molecule is COc1cc(C=CC(=O)OC2C(OC3C(Oc4cc(O)c5c(=O)cc(-c6ccc(O)cc6)oc5c4)OC(C(=O)O)C(O)C3O)OC(C(=O)O)C(O)C2OC2OC(C(=O)O)C(O)C(O)C2O)ccc1O. The van der Waals surface area contributed by atoms with Crippen molar-refractivity contribution in [2.45, 2.75) is 92.1 Å². The number of rotatable bonds is 14. The van der Waals surface area contributed by atoms with E-state index >= 15 is 0 Å². The first-order chi connectivity index (χ1) is 32.7. The molecule has 0 bridgehead atoms. The van der Waals surface area contributed by atoms with E-state index < -0.39 is 133 Å². The normalized spacial score (nSPS) is 31.5. The molecule has 0 saturated carbocycles. The van der Waals surface area contributed by atoms with Crippen molar-refractivity contribution in [1.82, 2.24) is 0 Å². The molecule has 7 rings (SSSR count). The number of phenols is 3. The van der Waals surface area contributed by atoms with Crippen molar-refractivity contribution >= 4 is 40.9 Å². The van der Waals surface area contributed by atoms with E-state index in [4.69, 9.17) is 42.3 Å². The highest BCUT2D eigenvalue weighted by Crippen LogP contribution is 2.37. The van der Waals surface area contributed by atoms with Crippen molar-refractivity contribution < 1.29 is 123 Å². The molecule has 0 radical (unpaired) electrons. The van der Waals surface area contributed by atoms with Gasteiger partial charge in [0.05, 0.1) is 7.11 Å². The second-order valence-corrected chi connectivity index (χ2v) is 15.6.